The first-order valence-electron chi connectivity index (χ1n) is 16.4. The molecule has 2 aliphatic carbocycles. The lowest BCUT2D eigenvalue weighted by Crippen LogP contribution is -2.58. The first-order chi connectivity index (χ1) is 24.3. The molecule has 4 unspecified atom stereocenters. The van der Waals surface area contributed by atoms with Crippen molar-refractivity contribution in [3.8, 4) is 22.9 Å². The third kappa shape index (κ3) is 4.34. The van der Waals surface area contributed by atoms with E-state index in [2.05, 4.69) is 0 Å². The fraction of sp³-hybridized carbons (Fsp3) is 0.200. The molecule has 5 aromatic rings. The van der Waals surface area contributed by atoms with Gasteiger partial charge in [0.25, 0.3) is 0 Å². The summed E-state index contributed by atoms with van der Waals surface area (Å²) in [6, 6.07) is 29.6. The number of phenolic OH excluding ortho intramolecular Hbond substituents is 1. The minimum Gasteiger partial charge on any atom is -0.502 e. The summed E-state index contributed by atoms with van der Waals surface area (Å²) in [6.07, 6.45) is 3.43. The van der Waals surface area contributed by atoms with Crippen molar-refractivity contribution in [3.63, 3.8) is 0 Å². The van der Waals surface area contributed by atoms with E-state index in [9.17, 15) is 14.7 Å². The van der Waals surface area contributed by atoms with E-state index in [0.717, 1.165) is 4.57 Å². The third-order valence-corrected chi connectivity index (χ3v) is 10.5. The predicted octanol–water partition coefficient (Wildman–Crippen LogP) is 4.98. The van der Waals surface area contributed by atoms with Gasteiger partial charge in [0.05, 0.1) is 37.9 Å². The highest BCUT2D eigenvalue weighted by Crippen LogP contribution is 2.62. The summed E-state index contributed by atoms with van der Waals surface area (Å²) in [6.45, 7) is 0.0609. The molecule has 1 fully saturated rings. The number of phenols is 1. The lowest BCUT2D eigenvalue weighted by atomic mass is 9.47. The number of hydrogen-bond acceptors (Lipinski definition) is 7. The Balaban J connectivity index is 1.45. The molecule has 1 N–H and O–H groups in total. The van der Waals surface area contributed by atoms with Gasteiger partial charge in [-0.15, -0.1) is 0 Å². The molecule has 10 nitrogen and oxygen atoms in total. The standard InChI is InChI=1S/C40H33N3O7/c1-49-32-20-25(21-33(50-2)37(32)46)35-28-18-19-41-38(47)42(27-16-10-5-11-17-27)39(48)43(41)31(28)23-30-36(45)29(24-12-6-3-7-13-24)22-34(44)40(30,35)26-14-8-4-9-15-26/h3-18,20-22,30-31,35,46H,19,23H2,1-2H3. The van der Waals surface area contributed by atoms with Crippen LogP contribution in [0.25, 0.3) is 11.3 Å². The molecule has 8 rings (SSSR count). The molecule has 0 amide bonds. The number of nitrogens with zero attached hydrogens (tertiary/aromatic N) is 3. The maximum absolute atomic E-state index is 15.2. The minimum atomic E-state index is -1.46. The van der Waals surface area contributed by atoms with Gasteiger partial charge in [0.15, 0.2) is 23.1 Å². The summed E-state index contributed by atoms with van der Waals surface area (Å²) in [5.74, 6) is -2.26. The zero-order valence-corrected chi connectivity index (χ0v) is 27.4. The van der Waals surface area contributed by atoms with Crippen molar-refractivity contribution in [2.24, 2.45) is 5.92 Å². The molecule has 1 saturated carbocycles. The molecule has 0 saturated heterocycles. The molecular formula is C40H33N3O7. The van der Waals surface area contributed by atoms with E-state index in [4.69, 9.17) is 9.47 Å². The number of ether oxygens (including phenoxy) is 2. The lowest BCUT2D eigenvalue weighted by Gasteiger charge is -2.54. The molecule has 4 aromatic carbocycles. The van der Waals surface area contributed by atoms with Gasteiger partial charge in [-0.25, -0.2) is 23.5 Å². The molecule has 10 heteroatoms. The number of aromatic nitrogens is 3. The van der Waals surface area contributed by atoms with Gasteiger partial charge in [0.1, 0.15) is 0 Å². The third-order valence-electron chi connectivity index (χ3n) is 10.5. The number of hydrogen-bond donors (Lipinski definition) is 1. The van der Waals surface area contributed by atoms with Crippen molar-refractivity contribution in [2.75, 3.05) is 14.2 Å². The summed E-state index contributed by atoms with van der Waals surface area (Å²) in [4.78, 5) is 58.4. The van der Waals surface area contributed by atoms with Crippen molar-refractivity contribution in [3.05, 3.63) is 159 Å². The number of para-hydroxylation sites is 1. The van der Waals surface area contributed by atoms with Gasteiger partial charge < -0.3 is 14.6 Å². The minimum absolute atomic E-state index is 0.0609. The fourth-order valence-electron chi connectivity index (χ4n) is 8.39. The second-order valence-electron chi connectivity index (χ2n) is 12.8. The fourth-order valence-corrected chi connectivity index (χ4v) is 8.39. The Bertz CT molecular complexity index is 2330. The first kappa shape index (κ1) is 31.1. The van der Waals surface area contributed by atoms with E-state index in [-0.39, 0.29) is 41.8 Å². The number of methoxy groups -OCH3 is 2. The van der Waals surface area contributed by atoms with Crippen molar-refractivity contribution < 1.29 is 24.2 Å². The number of rotatable bonds is 6. The number of carbonyl (C=O) groups excluding carboxylic acids is 2. The second-order valence-corrected chi connectivity index (χ2v) is 12.8. The van der Waals surface area contributed by atoms with Crippen LogP contribution < -0.4 is 20.9 Å². The Hall–Kier alpha value is -6.16. The van der Waals surface area contributed by atoms with Gasteiger partial charge in [-0.2, -0.15) is 0 Å². The van der Waals surface area contributed by atoms with E-state index >= 15 is 9.59 Å². The van der Waals surface area contributed by atoms with Crippen LogP contribution in [0.4, 0.5) is 0 Å². The van der Waals surface area contributed by atoms with Crippen LogP contribution >= 0.6 is 0 Å². The van der Waals surface area contributed by atoms with Crippen molar-refractivity contribution in [1.29, 1.82) is 0 Å². The molecule has 0 bridgehead atoms. The topological polar surface area (TPSA) is 122 Å². The largest absolute Gasteiger partial charge is 0.502 e. The summed E-state index contributed by atoms with van der Waals surface area (Å²) in [7, 11) is 2.85. The maximum Gasteiger partial charge on any atom is 0.352 e. The SMILES string of the molecule is COc1cc(C2C3=CCn4c(=O)n(-c5ccccc5)c(=O)n4C3CC3C(=O)C(c4ccccc4)=CC(=O)C32c2ccccc2)cc(OC)c1O. The van der Waals surface area contributed by atoms with E-state index in [1.54, 1.807) is 54.6 Å². The van der Waals surface area contributed by atoms with E-state index in [1.807, 2.05) is 54.6 Å². The molecule has 1 aromatic heterocycles. The van der Waals surface area contributed by atoms with Crippen LogP contribution in [0.1, 0.15) is 35.1 Å². The molecule has 0 spiro atoms. The van der Waals surface area contributed by atoms with Crippen molar-refractivity contribution in [2.45, 2.75) is 30.3 Å². The highest BCUT2D eigenvalue weighted by molar-refractivity contribution is 6.31. The van der Waals surface area contributed by atoms with Gasteiger partial charge in [-0.1, -0.05) is 84.9 Å². The molecule has 1 aliphatic heterocycles. The quantitative estimate of drug-likeness (QED) is 0.254. The van der Waals surface area contributed by atoms with Crippen LogP contribution in [-0.2, 0) is 21.5 Å². The summed E-state index contributed by atoms with van der Waals surface area (Å²) >= 11 is 0. The van der Waals surface area contributed by atoms with Gasteiger partial charge >= 0.3 is 11.4 Å². The van der Waals surface area contributed by atoms with E-state index in [1.165, 1.54) is 29.7 Å². The number of Topliss-reactive ketones (excluding diaryl/α,β-unsaturated/α-hetero) is 1. The van der Waals surface area contributed by atoms with E-state index in [0.29, 0.717) is 33.5 Å². The number of benzene rings is 4. The monoisotopic (exact) mass is 667 g/mol. The average Bonchev–Trinajstić information content (AvgIpc) is 3.42. The highest BCUT2D eigenvalue weighted by Gasteiger charge is 2.63. The van der Waals surface area contributed by atoms with Crippen LogP contribution in [0.2, 0.25) is 0 Å². The first-order valence-corrected chi connectivity index (χ1v) is 16.4. The van der Waals surface area contributed by atoms with Gasteiger partial charge in [-0.3, -0.25) is 9.59 Å². The Morgan fingerprint density at radius 2 is 1.38 bits per heavy atom. The molecule has 250 valence electrons. The van der Waals surface area contributed by atoms with E-state index < -0.39 is 34.7 Å². The van der Waals surface area contributed by atoms with Crippen LogP contribution in [0.15, 0.2) is 130 Å². The predicted molar refractivity (Wildman–Crippen MR) is 186 cm³/mol. The van der Waals surface area contributed by atoms with Crippen molar-refractivity contribution in [1.82, 2.24) is 13.9 Å². The molecular weight excluding hydrogens is 634 g/mol. The van der Waals surface area contributed by atoms with Crippen LogP contribution in [0, 0.1) is 5.92 Å². The second kappa shape index (κ2) is 11.8. The normalized spacial score (nSPS) is 22.5. The van der Waals surface area contributed by atoms with Crippen LogP contribution in [0.5, 0.6) is 17.2 Å². The Morgan fingerprint density at radius 1 is 0.780 bits per heavy atom. The number of ketones is 2. The molecule has 50 heavy (non-hydrogen) atoms. The van der Waals surface area contributed by atoms with Gasteiger partial charge in [0.2, 0.25) is 5.75 Å². The Labute approximate surface area is 286 Å². The average molecular weight is 668 g/mol. The summed E-state index contributed by atoms with van der Waals surface area (Å²) in [5, 5.41) is 10.9. The van der Waals surface area contributed by atoms with Crippen molar-refractivity contribution >= 4 is 17.1 Å². The Kier molecular flexibility index (Phi) is 7.32. The number of allylic oxidation sites excluding steroid dienone is 4. The molecule has 0 radical (unpaired) electrons. The summed E-state index contributed by atoms with van der Waals surface area (Å²) in [5.41, 5.74) is 0.715. The van der Waals surface area contributed by atoms with Crippen LogP contribution in [-0.4, -0.2) is 44.8 Å². The molecule has 2 heterocycles. The highest BCUT2D eigenvalue weighted by atomic mass is 16.5. The Morgan fingerprint density at radius 3 is 2.00 bits per heavy atom. The molecule has 4 atom stereocenters. The number of fused-ring (bicyclic) bond motifs is 4. The summed E-state index contributed by atoms with van der Waals surface area (Å²) < 4.78 is 15.1. The number of aromatic hydroxyl groups is 1. The number of carbonyl (C=O) groups is 2. The van der Waals surface area contributed by atoms with Gasteiger partial charge in [0, 0.05) is 17.4 Å². The smallest absolute Gasteiger partial charge is 0.352 e. The van der Waals surface area contributed by atoms with Crippen LogP contribution in [0.3, 0.4) is 0 Å². The zero-order valence-electron chi connectivity index (χ0n) is 27.4. The maximum atomic E-state index is 15.2. The van der Waals surface area contributed by atoms with Gasteiger partial charge in [-0.05, 0) is 59.0 Å². The lowest BCUT2D eigenvalue weighted by molar-refractivity contribution is -0.133. The zero-order chi connectivity index (χ0) is 34.7. The molecule has 3 aliphatic rings.